The second-order valence-electron chi connectivity index (χ2n) is 5.93. The molecule has 0 N–H and O–H groups in total. The van der Waals surface area contributed by atoms with Crippen molar-refractivity contribution in [2.75, 3.05) is 19.6 Å². The fourth-order valence-corrected chi connectivity index (χ4v) is 3.53. The fraction of sp³-hybridized carbons (Fsp3) is 1.00. The van der Waals surface area contributed by atoms with Gasteiger partial charge in [-0.2, -0.15) is 0 Å². The highest BCUT2D eigenvalue weighted by Gasteiger charge is 2.46. The number of hydrogen-bond acceptors (Lipinski definition) is 2. The molecule has 2 aliphatic rings. The van der Waals surface area contributed by atoms with Gasteiger partial charge in [-0.1, -0.05) is 13.8 Å². The van der Waals surface area contributed by atoms with Gasteiger partial charge in [-0.05, 0) is 53.5 Å². The summed E-state index contributed by atoms with van der Waals surface area (Å²) < 4.78 is 0. The van der Waals surface area contributed by atoms with Crippen LogP contribution < -0.4 is 0 Å². The average Bonchev–Trinajstić information content (AvgIpc) is 2.90. The number of rotatable bonds is 2. The second-order valence-corrected chi connectivity index (χ2v) is 5.93. The zero-order valence-electron chi connectivity index (χ0n) is 12.8. The number of likely N-dealkylation sites (tertiary alicyclic amines) is 2. The predicted molar refractivity (Wildman–Crippen MR) is 76.5 cm³/mol. The Morgan fingerprint density at radius 3 is 2.00 bits per heavy atom. The van der Waals surface area contributed by atoms with Crippen LogP contribution in [0.1, 0.15) is 60.8 Å². The lowest BCUT2D eigenvalue weighted by Crippen LogP contribution is -2.49. The van der Waals surface area contributed by atoms with Crippen LogP contribution in [0.2, 0.25) is 0 Å². The van der Waals surface area contributed by atoms with E-state index in [9.17, 15) is 0 Å². The van der Waals surface area contributed by atoms with Gasteiger partial charge >= 0.3 is 0 Å². The summed E-state index contributed by atoms with van der Waals surface area (Å²) in [7, 11) is 0. The Labute approximate surface area is 108 Å². The van der Waals surface area contributed by atoms with Crippen LogP contribution in [0.25, 0.3) is 0 Å². The topological polar surface area (TPSA) is 6.48 Å². The standard InChI is InChI=1S/C13H26N2.C2H6/c1-11(2)14-9-7-13(10-14)6-5-8-15(13)12(3)4;1-2/h11-12H,5-10H2,1-4H3;1-2H3. The Hall–Kier alpha value is -0.0800. The fourth-order valence-electron chi connectivity index (χ4n) is 3.53. The van der Waals surface area contributed by atoms with E-state index in [1.54, 1.807) is 0 Å². The molecule has 17 heavy (non-hydrogen) atoms. The highest BCUT2D eigenvalue weighted by molar-refractivity contribution is 5.04. The van der Waals surface area contributed by atoms with Crippen molar-refractivity contribution in [1.29, 1.82) is 0 Å². The van der Waals surface area contributed by atoms with E-state index in [2.05, 4.69) is 37.5 Å². The van der Waals surface area contributed by atoms with Crippen molar-refractivity contribution >= 4 is 0 Å². The molecule has 2 fully saturated rings. The van der Waals surface area contributed by atoms with E-state index >= 15 is 0 Å². The summed E-state index contributed by atoms with van der Waals surface area (Å²) in [5, 5.41) is 0. The third-order valence-electron chi connectivity index (χ3n) is 4.37. The van der Waals surface area contributed by atoms with Crippen LogP contribution in [0, 0.1) is 0 Å². The van der Waals surface area contributed by atoms with E-state index in [0.29, 0.717) is 5.54 Å². The molecule has 0 amide bonds. The molecule has 2 aliphatic heterocycles. The van der Waals surface area contributed by atoms with Crippen LogP contribution >= 0.6 is 0 Å². The summed E-state index contributed by atoms with van der Waals surface area (Å²) in [5.74, 6) is 0. The van der Waals surface area contributed by atoms with Gasteiger partial charge in [0.25, 0.3) is 0 Å². The van der Waals surface area contributed by atoms with Crippen molar-refractivity contribution in [1.82, 2.24) is 9.80 Å². The van der Waals surface area contributed by atoms with Gasteiger partial charge in [0.2, 0.25) is 0 Å². The minimum atomic E-state index is 0.540. The average molecular weight is 240 g/mol. The summed E-state index contributed by atoms with van der Waals surface area (Å²) in [5.41, 5.74) is 0.540. The summed E-state index contributed by atoms with van der Waals surface area (Å²) in [6.07, 6.45) is 4.22. The molecular formula is C15H32N2. The highest BCUT2D eigenvalue weighted by Crippen LogP contribution is 2.39. The Balaban J connectivity index is 0.000000686. The lowest BCUT2D eigenvalue weighted by atomic mass is 9.94. The van der Waals surface area contributed by atoms with E-state index in [4.69, 9.17) is 0 Å². The quantitative estimate of drug-likeness (QED) is 0.730. The molecule has 1 spiro atoms. The lowest BCUT2D eigenvalue weighted by molar-refractivity contribution is 0.101. The molecule has 0 saturated carbocycles. The molecule has 0 aliphatic carbocycles. The summed E-state index contributed by atoms with van der Waals surface area (Å²) in [6.45, 7) is 17.3. The SMILES string of the molecule is CC.CC(C)N1CCC2(CCCN2C(C)C)C1. The van der Waals surface area contributed by atoms with Gasteiger partial charge in [-0.3, -0.25) is 9.80 Å². The van der Waals surface area contributed by atoms with Gasteiger partial charge in [-0.25, -0.2) is 0 Å². The van der Waals surface area contributed by atoms with Crippen LogP contribution in [-0.4, -0.2) is 47.1 Å². The van der Waals surface area contributed by atoms with Gasteiger partial charge in [0.15, 0.2) is 0 Å². The largest absolute Gasteiger partial charge is 0.299 e. The zero-order chi connectivity index (χ0) is 13.1. The molecule has 2 saturated heterocycles. The van der Waals surface area contributed by atoms with Gasteiger partial charge in [-0.15, -0.1) is 0 Å². The Morgan fingerprint density at radius 1 is 0.882 bits per heavy atom. The van der Waals surface area contributed by atoms with Gasteiger partial charge in [0, 0.05) is 30.7 Å². The second kappa shape index (κ2) is 6.19. The highest BCUT2D eigenvalue weighted by atomic mass is 15.3. The van der Waals surface area contributed by atoms with Gasteiger partial charge in [0.05, 0.1) is 0 Å². The predicted octanol–water partition coefficient (Wildman–Crippen LogP) is 3.37. The van der Waals surface area contributed by atoms with E-state index in [1.807, 2.05) is 13.8 Å². The Kier molecular flexibility index (Phi) is 5.46. The maximum absolute atomic E-state index is 2.76. The molecule has 1 unspecified atom stereocenters. The number of hydrogen-bond donors (Lipinski definition) is 0. The van der Waals surface area contributed by atoms with Crippen molar-refractivity contribution in [2.45, 2.75) is 78.4 Å². The normalized spacial score (nSPS) is 30.4. The smallest absolute Gasteiger partial charge is 0.0351 e. The van der Waals surface area contributed by atoms with Crippen LogP contribution in [0.4, 0.5) is 0 Å². The molecule has 102 valence electrons. The number of nitrogens with zero attached hydrogens (tertiary/aromatic N) is 2. The zero-order valence-corrected chi connectivity index (χ0v) is 12.8. The Morgan fingerprint density at radius 2 is 1.53 bits per heavy atom. The Bertz CT molecular complexity index is 225. The molecule has 2 nitrogen and oxygen atoms in total. The van der Waals surface area contributed by atoms with Crippen LogP contribution in [0.3, 0.4) is 0 Å². The van der Waals surface area contributed by atoms with Crippen molar-refractivity contribution < 1.29 is 0 Å². The van der Waals surface area contributed by atoms with Crippen molar-refractivity contribution in [3.63, 3.8) is 0 Å². The minimum Gasteiger partial charge on any atom is -0.299 e. The first-order chi connectivity index (χ1) is 8.05. The maximum Gasteiger partial charge on any atom is 0.0351 e. The van der Waals surface area contributed by atoms with Crippen LogP contribution in [0.5, 0.6) is 0 Å². The molecule has 1 atom stereocenters. The molecule has 0 bridgehead atoms. The monoisotopic (exact) mass is 240 g/mol. The third-order valence-corrected chi connectivity index (χ3v) is 4.37. The first-order valence-corrected chi connectivity index (χ1v) is 7.56. The summed E-state index contributed by atoms with van der Waals surface area (Å²) in [6, 6.07) is 1.44. The van der Waals surface area contributed by atoms with E-state index in [1.165, 1.54) is 38.9 Å². The van der Waals surface area contributed by atoms with Gasteiger partial charge < -0.3 is 0 Å². The third kappa shape index (κ3) is 3.03. The van der Waals surface area contributed by atoms with Crippen LogP contribution in [-0.2, 0) is 0 Å². The van der Waals surface area contributed by atoms with E-state index in [0.717, 1.165) is 12.1 Å². The molecule has 2 heterocycles. The molecule has 0 aromatic heterocycles. The van der Waals surface area contributed by atoms with Crippen molar-refractivity contribution in [3.8, 4) is 0 Å². The first-order valence-electron chi connectivity index (χ1n) is 7.56. The first kappa shape index (κ1) is 15.0. The molecule has 0 radical (unpaired) electrons. The maximum atomic E-state index is 2.76. The molecule has 0 aromatic rings. The van der Waals surface area contributed by atoms with Gasteiger partial charge in [0.1, 0.15) is 0 Å². The molecule has 2 heteroatoms. The van der Waals surface area contributed by atoms with Crippen LogP contribution in [0.15, 0.2) is 0 Å². The molecular weight excluding hydrogens is 208 g/mol. The summed E-state index contributed by atoms with van der Waals surface area (Å²) in [4.78, 5) is 5.41. The van der Waals surface area contributed by atoms with E-state index < -0.39 is 0 Å². The molecule has 2 rings (SSSR count). The van der Waals surface area contributed by atoms with Crippen molar-refractivity contribution in [3.05, 3.63) is 0 Å². The lowest BCUT2D eigenvalue weighted by Gasteiger charge is -2.38. The molecule has 0 aromatic carbocycles. The summed E-state index contributed by atoms with van der Waals surface area (Å²) >= 11 is 0. The van der Waals surface area contributed by atoms with Crippen molar-refractivity contribution in [2.24, 2.45) is 0 Å². The van der Waals surface area contributed by atoms with E-state index in [-0.39, 0.29) is 0 Å². The minimum absolute atomic E-state index is 0.540.